The quantitative estimate of drug-likeness (QED) is 0.792. The Kier molecular flexibility index (Phi) is 3.48. The van der Waals surface area contributed by atoms with Gasteiger partial charge in [-0.05, 0) is 24.8 Å². The Balaban J connectivity index is 2.45. The Labute approximate surface area is 106 Å². The van der Waals surface area contributed by atoms with Crippen molar-refractivity contribution in [2.45, 2.75) is 38.2 Å². The van der Waals surface area contributed by atoms with E-state index in [0.717, 1.165) is 24.8 Å². The highest BCUT2D eigenvalue weighted by atomic mass is 35.5. The van der Waals surface area contributed by atoms with Gasteiger partial charge in [-0.3, -0.25) is 0 Å². The summed E-state index contributed by atoms with van der Waals surface area (Å²) in [6.45, 7) is 2.08. The van der Waals surface area contributed by atoms with E-state index in [0.29, 0.717) is 10.0 Å². The van der Waals surface area contributed by atoms with Gasteiger partial charge in [-0.2, -0.15) is 0 Å². The van der Waals surface area contributed by atoms with E-state index in [1.165, 1.54) is 6.42 Å². The molecule has 1 N–H and O–H groups in total. The van der Waals surface area contributed by atoms with Crippen LogP contribution in [0.25, 0.3) is 0 Å². The highest BCUT2D eigenvalue weighted by Crippen LogP contribution is 2.45. The van der Waals surface area contributed by atoms with E-state index in [2.05, 4.69) is 6.92 Å². The summed E-state index contributed by atoms with van der Waals surface area (Å²) in [4.78, 5) is 0. The van der Waals surface area contributed by atoms with E-state index in [1.54, 1.807) is 6.07 Å². The molecule has 2 atom stereocenters. The molecule has 16 heavy (non-hydrogen) atoms. The van der Waals surface area contributed by atoms with Crippen molar-refractivity contribution >= 4 is 23.2 Å². The third-order valence-corrected chi connectivity index (χ3v) is 4.50. The summed E-state index contributed by atoms with van der Waals surface area (Å²) >= 11 is 12.2. The highest BCUT2D eigenvalue weighted by Gasteiger charge is 2.39. The zero-order valence-electron chi connectivity index (χ0n) is 9.34. The van der Waals surface area contributed by atoms with Crippen molar-refractivity contribution in [3.8, 4) is 0 Å². The van der Waals surface area contributed by atoms with E-state index >= 15 is 0 Å². The van der Waals surface area contributed by atoms with Gasteiger partial charge in [0.25, 0.3) is 0 Å². The SMILES string of the molecule is CC1CCCCC1(O)c1cccc(Cl)c1Cl. The first-order chi connectivity index (χ1) is 7.55. The molecule has 0 saturated heterocycles. The van der Waals surface area contributed by atoms with E-state index < -0.39 is 5.60 Å². The number of rotatable bonds is 1. The number of halogens is 2. The molecule has 0 aromatic heterocycles. The Hall–Kier alpha value is -0.240. The average molecular weight is 259 g/mol. The molecule has 0 heterocycles. The monoisotopic (exact) mass is 258 g/mol. The fourth-order valence-electron chi connectivity index (χ4n) is 2.57. The Morgan fingerprint density at radius 3 is 2.75 bits per heavy atom. The van der Waals surface area contributed by atoms with E-state index in [9.17, 15) is 5.11 Å². The predicted molar refractivity (Wildman–Crippen MR) is 68.0 cm³/mol. The summed E-state index contributed by atoms with van der Waals surface area (Å²) in [7, 11) is 0. The molecule has 2 rings (SSSR count). The molecular formula is C13H16Cl2O. The van der Waals surface area contributed by atoms with E-state index in [-0.39, 0.29) is 5.92 Å². The van der Waals surface area contributed by atoms with Gasteiger partial charge in [0.05, 0.1) is 15.6 Å². The van der Waals surface area contributed by atoms with Crippen molar-refractivity contribution in [2.24, 2.45) is 5.92 Å². The Bertz CT molecular complexity index is 392. The second-order valence-corrected chi connectivity index (χ2v) is 5.46. The van der Waals surface area contributed by atoms with Gasteiger partial charge in [0.1, 0.15) is 0 Å². The van der Waals surface area contributed by atoms with Crippen LogP contribution in [0.3, 0.4) is 0 Å². The molecule has 1 nitrogen and oxygen atoms in total. The third-order valence-electron chi connectivity index (χ3n) is 3.68. The number of aliphatic hydroxyl groups is 1. The molecule has 0 amide bonds. The Morgan fingerprint density at radius 2 is 2.06 bits per heavy atom. The first kappa shape index (κ1) is 12.2. The lowest BCUT2D eigenvalue weighted by molar-refractivity contribution is -0.0468. The number of hydrogen-bond donors (Lipinski definition) is 1. The molecule has 88 valence electrons. The summed E-state index contributed by atoms with van der Waals surface area (Å²) in [5, 5.41) is 11.8. The fourth-order valence-corrected chi connectivity index (χ4v) is 3.03. The molecule has 0 aliphatic heterocycles. The van der Waals surface area contributed by atoms with Gasteiger partial charge >= 0.3 is 0 Å². The van der Waals surface area contributed by atoms with Gasteiger partial charge < -0.3 is 5.11 Å². The van der Waals surface area contributed by atoms with Crippen LogP contribution in [0.4, 0.5) is 0 Å². The van der Waals surface area contributed by atoms with Crippen LogP contribution in [0.15, 0.2) is 18.2 Å². The number of hydrogen-bond acceptors (Lipinski definition) is 1. The van der Waals surface area contributed by atoms with E-state index in [4.69, 9.17) is 23.2 Å². The largest absolute Gasteiger partial charge is 0.385 e. The van der Waals surface area contributed by atoms with Gasteiger partial charge in [0.15, 0.2) is 0 Å². The number of benzene rings is 1. The normalized spacial score (nSPS) is 30.4. The maximum Gasteiger partial charge on any atom is 0.0936 e. The minimum Gasteiger partial charge on any atom is -0.385 e. The molecule has 0 bridgehead atoms. The van der Waals surface area contributed by atoms with E-state index in [1.807, 2.05) is 12.1 Å². The molecule has 1 saturated carbocycles. The molecule has 0 spiro atoms. The summed E-state index contributed by atoms with van der Waals surface area (Å²) < 4.78 is 0. The van der Waals surface area contributed by atoms with Crippen molar-refractivity contribution in [1.82, 2.24) is 0 Å². The van der Waals surface area contributed by atoms with Gasteiger partial charge in [-0.15, -0.1) is 0 Å². The first-order valence-electron chi connectivity index (χ1n) is 5.72. The molecule has 1 fully saturated rings. The van der Waals surface area contributed by atoms with Gasteiger partial charge in [0.2, 0.25) is 0 Å². The Morgan fingerprint density at radius 1 is 1.31 bits per heavy atom. The molecule has 2 unspecified atom stereocenters. The second-order valence-electron chi connectivity index (χ2n) is 4.67. The summed E-state index contributed by atoms with van der Waals surface area (Å²) in [5.74, 6) is 0.234. The highest BCUT2D eigenvalue weighted by molar-refractivity contribution is 6.42. The summed E-state index contributed by atoms with van der Waals surface area (Å²) in [6, 6.07) is 5.49. The maximum atomic E-state index is 10.8. The van der Waals surface area contributed by atoms with Crippen LogP contribution in [-0.4, -0.2) is 5.11 Å². The lowest BCUT2D eigenvalue weighted by Crippen LogP contribution is -2.36. The van der Waals surface area contributed by atoms with Crippen molar-refractivity contribution in [2.75, 3.05) is 0 Å². The molecule has 3 heteroatoms. The molecular weight excluding hydrogens is 243 g/mol. The summed E-state index contributed by atoms with van der Waals surface area (Å²) in [5.41, 5.74) is -0.0193. The first-order valence-corrected chi connectivity index (χ1v) is 6.48. The third kappa shape index (κ3) is 1.97. The molecule has 1 aliphatic rings. The van der Waals surface area contributed by atoms with Gasteiger partial charge in [-0.25, -0.2) is 0 Å². The average Bonchev–Trinajstić information content (AvgIpc) is 2.26. The van der Waals surface area contributed by atoms with Crippen LogP contribution in [0.2, 0.25) is 10.0 Å². The minimum atomic E-state index is -0.805. The van der Waals surface area contributed by atoms with Crippen LogP contribution in [0, 0.1) is 5.92 Å². The molecule has 0 radical (unpaired) electrons. The van der Waals surface area contributed by atoms with Gasteiger partial charge in [-0.1, -0.05) is 55.1 Å². The van der Waals surface area contributed by atoms with Gasteiger partial charge in [0, 0.05) is 5.56 Å². The van der Waals surface area contributed by atoms with Crippen LogP contribution in [0.5, 0.6) is 0 Å². The van der Waals surface area contributed by atoms with Crippen LogP contribution in [-0.2, 0) is 5.60 Å². The molecule has 1 aliphatic carbocycles. The molecule has 1 aromatic carbocycles. The zero-order valence-corrected chi connectivity index (χ0v) is 10.9. The topological polar surface area (TPSA) is 20.2 Å². The van der Waals surface area contributed by atoms with Crippen LogP contribution < -0.4 is 0 Å². The lowest BCUT2D eigenvalue weighted by atomic mass is 9.72. The van der Waals surface area contributed by atoms with Crippen molar-refractivity contribution in [3.63, 3.8) is 0 Å². The molecule has 1 aromatic rings. The van der Waals surface area contributed by atoms with Crippen LogP contribution >= 0.6 is 23.2 Å². The zero-order chi connectivity index (χ0) is 11.8. The predicted octanol–water partition coefficient (Wildman–Crippen LogP) is 4.39. The standard InChI is InChI=1S/C13H16Cl2O/c1-9-5-2-3-8-13(9,16)10-6-4-7-11(14)12(10)15/h4,6-7,9,16H,2-3,5,8H2,1H3. The smallest absolute Gasteiger partial charge is 0.0936 e. The lowest BCUT2D eigenvalue weighted by Gasteiger charge is -2.39. The van der Waals surface area contributed by atoms with Crippen molar-refractivity contribution < 1.29 is 5.11 Å². The summed E-state index contributed by atoms with van der Waals surface area (Å²) in [6.07, 6.45) is 4.04. The maximum absolute atomic E-state index is 10.8. The minimum absolute atomic E-state index is 0.234. The second kappa shape index (κ2) is 4.56. The van der Waals surface area contributed by atoms with Crippen LogP contribution in [0.1, 0.15) is 38.2 Å². The van der Waals surface area contributed by atoms with Crippen molar-refractivity contribution in [1.29, 1.82) is 0 Å². The van der Waals surface area contributed by atoms with Crippen molar-refractivity contribution in [3.05, 3.63) is 33.8 Å². The fraction of sp³-hybridized carbons (Fsp3) is 0.538.